The van der Waals surface area contributed by atoms with Crippen LogP contribution in [-0.4, -0.2) is 56.2 Å². The Labute approximate surface area is 122 Å². The number of nitrogens with zero attached hydrogens (tertiary/aromatic N) is 1. The maximum atomic E-state index is 12.2. The first-order chi connectivity index (χ1) is 10.3. The first-order valence-electron chi connectivity index (χ1n) is 6.60. The molecule has 0 amide bonds. The number of aromatic nitrogens is 2. The summed E-state index contributed by atoms with van der Waals surface area (Å²) in [6, 6.07) is 0. The van der Waals surface area contributed by atoms with Gasteiger partial charge in [0.25, 0.3) is 5.56 Å². The van der Waals surface area contributed by atoms with Crippen molar-refractivity contribution in [2.45, 2.75) is 43.8 Å². The molecule has 10 heteroatoms. The summed E-state index contributed by atoms with van der Waals surface area (Å²) >= 11 is 0. The summed E-state index contributed by atoms with van der Waals surface area (Å²) in [5.41, 5.74) is -1.79. The predicted octanol–water partition coefficient (Wildman–Crippen LogP) is -1.65. The fourth-order valence-electron chi connectivity index (χ4n) is 2.27. The number of aliphatic hydroxyl groups excluding tert-OH is 3. The maximum Gasteiger partial charge on any atom is 0.330 e. The predicted molar refractivity (Wildman–Crippen MR) is 68.7 cm³/mol. The van der Waals surface area contributed by atoms with E-state index in [1.54, 1.807) is 0 Å². The molecule has 4 unspecified atom stereocenters. The fraction of sp³-hybridized carbons (Fsp3) is 0.667. The van der Waals surface area contributed by atoms with E-state index in [1.165, 1.54) is 0 Å². The van der Waals surface area contributed by atoms with Gasteiger partial charge in [-0.2, -0.15) is 0 Å². The summed E-state index contributed by atoms with van der Waals surface area (Å²) in [5.74, 6) is 0. The quantitative estimate of drug-likeness (QED) is 0.515. The highest BCUT2D eigenvalue weighted by Crippen LogP contribution is 2.28. The molecular weight excluding hydrogens is 306 g/mol. The van der Waals surface area contributed by atoms with E-state index in [1.807, 2.05) is 4.98 Å². The van der Waals surface area contributed by atoms with Crippen molar-refractivity contribution in [2.75, 3.05) is 6.61 Å². The van der Waals surface area contributed by atoms with Crippen LogP contribution in [0.25, 0.3) is 0 Å². The Morgan fingerprint density at radius 1 is 1.32 bits per heavy atom. The molecule has 0 bridgehead atoms. The third-order valence-electron chi connectivity index (χ3n) is 3.46. The Morgan fingerprint density at radius 2 is 2.00 bits per heavy atom. The number of hydrogen-bond acceptors (Lipinski definition) is 6. The van der Waals surface area contributed by atoms with Gasteiger partial charge in [-0.3, -0.25) is 14.3 Å². The van der Waals surface area contributed by atoms with Crippen molar-refractivity contribution in [1.82, 2.24) is 9.55 Å². The first kappa shape index (κ1) is 16.7. The summed E-state index contributed by atoms with van der Waals surface area (Å²) in [6.45, 7) is -0.578. The van der Waals surface area contributed by atoms with Gasteiger partial charge in [0.1, 0.15) is 18.3 Å². The van der Waals surface area contributed by atoms with E-state index in [9.17, 15) is 28.6 Å². The van der Waals surface area contributed by atoms with Crippen LogP contribution in [0, 0.1) is 0 Å². The van der Waals surface area contributed by atoms with Gasteiger partial charge in [-0.25, -0.2) is 13.6 Å². The summed E-state index contributed by atoms with van der Waals surface area (Å²) in [5, 5.41) is 28.5. The zero-order valence-corrected chi connectivity index (χ0v) is 11.4. The molecule has 0 saturated carbocycles. The van der Waals surface area contributed by atoms with Gasteiger partial charge in [-0.15, -0.1) is 0 Å². The Kier molecular flexibility index (Phi) is 5.06. The summed E-state index contributed by atoms with van der Waals surface area (Å²) in [7, 11) is 0. The van der Waals surface area contributed by atoms with Crippen molar-refractivity contribution in [3.8, 4) is 0 Å². The molecule has 0 aromatic carbocycles. The number of alkyl halides is 2. The van der Waals surface area contributed by atoms with Gasteiger partial charge in [0.15, 0.2) is 6.23 Å². The van der Waals surface area contributed by atoms with Crippen molar-refractivity contribution >= 4 is 0 Å². The van der Waals surface area contributed by atoms with E-state index in [-0.39, 0.29) is 12.0 Å². The summed E-state index contributed by atoms with van der Waals surface area (Å²) in [6.07, 6.45) is -7.76. The molecule has 1 aliphatic rings. The Balaban J connectivity index is 2.33. The number of aromatic amines is 1. The van der Waals surface area contributed by atoms with E-state index in [0.29, 0.717) is 0 Å². The zero-order chi connectivity index (χ0) is 16.4. The van der Waals surface area contributed by atoms with Gasteiger partial charge >= 0.3 is 5.69 Å². The second kappa shape index (κ2) is 6.65. The average Bonchev–Trinajstić information content (AvgIpc) is 2.74. The van der Waals surface area contributed by atoms with Crippen molar-refractivity contribution in [1.29, 1.82) is 0 Å². The van der Waals surface area contributed by atoms with E-state index >= 15 is 0 Å². The van der Waals surface area contributed by atoms with Gasteiger partial charge in [-0.1, -0.05) is 0 Å². The summed E-state index contributed by atoms with van der Waals surface area (Å²) < 4.78 is 30.5. The minimum atomic E-state index is -2.60. The standard InChI is InChI=1S/C12H16F2N2O6/c13-7(14)2-1-5-3-16(12(21)15-10(5)20)11-9(19)8(18)6(4-17)22-11/h3,6-9,11,17-19H,1-2,4H2,(H,15,20,21). The molecule has 0 spiro atoms. The highest BCUT2D eigenvalue weighted by atomic mass is 19.3. The molecule has 4 N–H and O–H groups in total. The van der Waals surface area contributed by atoms with E-state index in [0.717, 1.165) is 10.8 Å². The normalized spacial score (nSPS) is 28.5. The molecule has 22 heavy (non-hydrogen) atoms. The molecule has 0 aliphatic carbocycles. The second-order valence-corrected chi connectivity index (χ2v) is 4.98. The Morgan fingerprint density at radius 3 is 2.55 bits per heavy atom. The molecule has 1 aliphatic heterocycles. The molecule has 1 aromatic heterocycles. The average molecular weight is 322 g/mol. The largest absolute Gasteiger partial charge is 0.394 e. The number of hydrogen-bond donors (Lipinski definition) is 4. The van der Waals surface area contributed by atoms with Gasteiger partial charge < -0.3 is 20.1 Å². The molecule has 1 aromatic rings. The van der Waals surface area contributed by atoms with Crippen molar-refractivity contribution in [3.05, 3.63) is 32.6 Å². The minimum absolute atomic E-state index is 0.0716. The number of H-pyrrole nitrogens is 1. The first-order valence-corrected chi connectivity index (χ1v) is 6.60. The highest BCUT2D eigenvalue weighted by molar-refractivity contribution is 5.06. The molecule has 2 rings (SSSR count). The van der Waals surface area contributed by atoms with Crippen LogP contribution in [-0.2, 0) is 11.2 Å². The van der Waals surface area contributed by atoms with Crippen LogP contribution in [0.15, 0.2) is 15.8 Å². The van der Waals surface area contributed by atoms with Crippen molar-refractivity contribution in [2.24, 2.45) is 0 Å². The zero-order valence-electron chi connectivity index (χ0n) is 11.4. The molecule has 1 saturated heterocycles. The molecule has 1 fully saturated rings. The van der Waals surface area contributed by atoms with E-state index in [2.05, 4.69) is 0 Å². The van der Waals surface area contributed by atoms with Crippen molar-refractivity contribution in [3.63, 3.8) is 0 Å². The Bertz CT molecular complexity index is 631. The van der Waals surface area contributed by atoms with E-state index < -0.39 is 55.2 Å². The third kappa shape index (κ3) is 3.24. The van der Waals surface area contributed by atoms with Gasteiger partial charge in [0, 0.05) is 18.2 Å². The molecular formula is C12H16F2N2O6. The number of ether oxygens (including phenoxy) is 1. The van der Waals surface area contributed by atoms with E-state index in [4.69, 9.17) is 9.84 Å². The van der Waals surface area contributed by atoms with Gasteiger partial charge in [-0.05, 0) is 6.42 Å². The van der Waals surface area contributed by atoms with Crippen LogP contribution in [0.3, 0.4) is 0 Å². The molecule has 4 atom stereocenters. The second-order valence-electron chi connectivity index (χ2n) is 4.98. The topological polar surface area (TPSA) is 125 Å². The number of halogens is 2. The van der Waals surface area contributed by atoms with Crippen LogP contribution in [0.1, 0.15) is 18.2 Å². The molecule has 2 heterocycles. The van der Waals surface area contributed by atoms with Crippen molar-refractivity contribution < 1.29 is 28.8 Å². The highest BCUT2D eigenvalue weighted by Gasteiger charge is 2.43. The smallest absolute Gasteiger partial charge is 0.330 e. The fourth-order valence-corrected chi connectivity index (χ4v) is 2.27. The number of aliphatic hydroxyl groups is 3. The number of nitrogens with one attached hydrogen (secondary N) is 1. The lowest BCUT2D eigenvalue weighted by Crippen LogP contribution is -2.39. The number of rotatable bonds is 5. The third-order valence-corrected chi connectivity index (χ3v) is 3.46. The van der Waals surface area contributed by atoms with Crippen LogP contribution in [0.4, 0.5) is 8.78 Å². The lowest BCUT2D eigenvalue weighted by molar-refractivity contribution is -0.0551. The lowest BCUT2D eigenvalue weighted by atomic mass is 10.1. The van der Waals surface area contributed by atoms with Crippen LogP contribution < -0.4 is 11.2 Å². The van der Waals surface area contributed by atoms with Crippen LogP contribution >= 0.6 is 0 Å². The lowest BCUT2D eigenvalue weighted by Gasteiger charge is -2.18. The summed E-state index contributed by atoms with van der Waals surface area (Å²) in [4.78, 5) is 25.3. The Hall–Kier alpha value is -1.62. The van der Waals surface area contributed by atoms with Gasteiger partial charge in [0.2, 0.25) is 6.43 Å². The van der Waals surface area contributed by atoms with Gasteiger partial charge in [0.05, 0.1) is 6.61 Å². The van der Waals surface area contributed by atoms with Crippen LogP contribution in [0.5, 0.6) is 0 Å². The minimum Gasteiger partial charge on any atom is -0.394 e. The van der Waals surface area contributed by atoms with Crippen LogP contribution in [0.2, 0.25) is 0 Å². The molecule has 8 nitrogen and oxygen atoms in total. The maximum absolute atomic E-state index is 12.2. The number of aryl methyl sites for hydroxylation is 1. The molecule has 0 radical (unpaired) electrons. The SMILES string of the molecule is O=c1[nH]c(=O)n(C2OC(CO)C(O)C2O)cc1CCC(F)F. The molecule has 124 valence electrons. The monoisotopic (exact) mass is 322 g/mol.